The van der Waals surface area contributed by atoms with Gasteiger partial charge in [-0.15, -0.1) is 0 Å². The number of nitrogens with zero attached hydrogens (tertiary/aromatic N) is 1. The van der Waals surface area contributed by atoms with Crippen LogP contribution >= 0.6 is 0 Å². The lowest BCUT2D eigenvalue weighted by Crippen LogP contribution is -2.44. The van der Waals surface area contributed by atoms with Gasteiger partial charge in [0, 0.05) is 0 Å². The van der Waals surface area contributed by atoms with E-state index in [1.54, 1.807) is 6.08 Å². The highest BCUT2D eigenvalue weighted by Gasteiger charge is 2.22. The Hall–Kier alpha value is -1.20. The quantitative estimate of drug-likeness (QED) is 0.224. The fourth-order valence-corrected chi connectivity index (χ4v) is 2.85. The maximum atomic E-state index is 10.7. The molecule has 0 aliphatic heterocycles. The van der Waals surface area contributed by atoms with Gasteiger partial charge in [0.15, 0.2) is 0 Å². The second-order valence-electron chi connectivity index (χ2n) is 6.65. The maximum absolute atomic E-state index is 10.7. The van der Waals surface area contributed by atoms with Gasteiger partial charge in [-0.2, -0.15) is 0 Å². The summed E-state index contributed by atoms with van der Waals surface area (Å²) in [5.74, 6) is 0. The van der Waals surface area contributed by atoms with Gasteiger partial charge in [-0.3, -0.25) is 14.5 Å². The van der Waals surface area contributed by atoms with Crippen LogP contribution in [0.2, 0.25) is 0 Å². The Morgan fingerprint density at radius 2 is 1.32 bits per heavy atom. The van der Waals surface area contributed by atoms with E-state index in [0.29, 0.717) is 12.8 Å². The van der Waals surface area contributed by atoms with Crippen LogP contribution in [0.1, 0.15) is 84.0 Å². The van der Waals surface area contributed by atoms with Crippen LogP contribution in [0.5, 0.6) is 0 Å². The summed E-state index contributed by atoms with van der Waals surface area (Å²) < 4.78 is 0. The highest BCUT2D eigenvalue weighted by atomic mass is 16.3. The van der Waals surface area contributed by atoms with Gasteiger partial charge in [-0.25, -0.2) is 0 Å². The van der Waals surface area contributed by atoms with Gasteiger partial charge in [0.25, 0.3) is 0 Å². The smallest absolute Gasteiger partial charge is 0.216 e. The molecule has 5 nitrogen and oxygen atoms in total. The summed E-state index contributed by atoms with van der Waals surface area (Å²) in [6, 6.07) is -0.913. The molecular formula is C20H37NO4. The van der Waals surface area contributed by atoms with Gasteiger partial charge in [0.05, 0.1) is 18.8 Å². The molecule has 0 aliphatic rings. The fourth-order valence-electron chi connectivity index (χ4n) is 2.85. The molecule has 5 heteroatoms. The highest BCUT2D eigenvalue weighted by Crippen LogP contribution is 2.12. The summed E-state index contributed by atoms with van der Waals surface area (Å²) in [5, 5.41) is 19.1. The second kappa shape index (κ2) is 17.6. The van der Waals surface area contributed by atoms with E-state index in [0.717, 1.165) is 17.7 Å². The van der Waals surface area contributed by atoms with Crippen LogP contribution in [0, 0.1) is 0 Å². The molecule has 0 radical (unpaired) electrons. The minimum Gasteiger partial charge on any atom is -0.394 e. The van der Waals surface area contributed by atoms with E-state index in [-0.39, 0.29) is 0 Å². The van der Waals surface area contributed by atoms with E-state index in [2.05, 4.69) is 6.92 Å². The summed E-state index contributed by atoms with van der Waals surface area (Å²) in [6.07, 6.45) is 18.1. The van der Waals surface area contributed by atoms with E-state index in [4.69, 9.17) is 0 Å². The lowest BCUT2D eigenvalue weighted by molar-refractivity contribution is -0.135. The largest absolute Gasteiger partial charge is 0.394 e. The SMILES string of the molecule is CCCCCCCCCCCCCC=CC(O)C(CO)N(C=O)C=O. The van der Waals surface area contributed by atoms with E-state index in [9.17, 15) is 19.8 Å². The summed E-state index contributed by atoms with van der Waals surface area (Å²) in [6.45, 7) is 1.79. The van der Waals surface area contributed by atoms with Gasteiger partial charge in [0.2, 0.25) is 12.8 Å². The number of hydrogen-bond acceptors (Lipinski definition) is 4. The predicted molar refractivity (Wildman–Crippen MR) is 101 cm³/mol. The van der Waals surface area contributed by atoms with Gasteiger partial charge < -0.3 is 10.2 Å². The first kappa shape index (κ1) is 23.8. The van der Waals surface area contributed by atoms with Crippen LogP contribution in [-0.4, -0.2) is 46.7 Å². The number of rotatable bonds is 18. The predicted octanol–water partition coefficient (Wildman–Crippen LogP) is 3.58. The molecule has 0 aliphatic carbocycles. The number of aliphatic hydroxyl groups is 2. The lowest BCUT2D eigenvalue weighted by Gasteiger charge is -2.23. The minimum atomic E-state index is -1.03. The number of carbonyl (C=O) groups excluding carboxylic acids is 2. The molecule has 0 saturated carbocycles. The monoisotopic (exact) mass is 355 g/mol. The third-order valence-electron chi connectivity index (χ3n) is 4.52. The van der Waals surface area contributed by atoms with Crippen LogP contribution in [0.15, 0.2) is 12.2 Å². The average molecular weight is 356 g/mol. The Morgan fingerprint density at radius 1 is 0.840 bits per heavy atom. The van der Waals surface area contributed by atoms with E-state index in [1.165, 1.54) is 64.2 Å². The molecule has 2 N–H and O–H groups in total. The second-order valence-corrected chi connectivity index (χ2v) is 6.65. The minimum absolute atomic E-state index is 0.314. The molecule has 2 atom stereocenters. The maximum Gasteiger partial charge on any atom is 0.216 e. The van der Waals surface area contributed by atoms with Crippen molar-refractivity contribution in [2.24, 2.45) is 0 Å². The standard InChI is InChI=1S/C20H37NO4/c1-2-3-4-5-6-7-8-9-10-11-12-13-14-15-20(25)19(16-22)21(17-23)18-24/h14-15,17-20,22,25H,2-13,16H2,1H3. The first-order chi connectivity index (χ1) is 12.2. The zero-order chi connectivity index (χ0) is 18.8. The molecule has 146 valence electrons. The number of amides is 2. The van der Waals surface area contributed by atoms with E-state index in [1.807, 2.05) is 6.08 Å². The van der Waals surface area contributed by atoms with Crippen molar-refractivity contribution >= 4 is 12.8 Å². The summed E-state index contributed by atoms with van der Waals surface area (Å²) in [7, 11) is 0. The Morgan fingerprint density at radius 3 is 1.76 bits per heavy atom. The van der Waals surface area contributed by atoms with Crippen LogP contribution in [0.4, 0.5) is 0 Å². The Labute approximate surface area is 153 Å². The van der Waals surface area contributed by atoms with Crippen molar-refractivity contribution in [3.63, 3.8) is 0 Å². The van der Waals surface area contributed by atoms with Gasteiger partial charge in [0.1, 0.15) is 0 Å². The van der Waals surface area contributed by atoms with Gasteiger partial charge >= 0.3 is 0 Å². The average Bonchev–Trinajstić information content (AvgIpc) is 2.63. The summed E-state index contributed by atoms with van der Waals surface area (Å²) in [5.41, 5.74) is 0. The van der Waals surface area contributed by atoms with Crippen molar-refractivity contribution < 1.29 is 19.8 Å². The molecule has 0 saturated heterocycles. The molecule has 0 aromatic carbocycles. The van der Waals surface area contributed by atoms with Gasteiger partial charge in [-0.1, -0.05) is 83.3 Å². The molecule has 0 aromatic rings. The third-order valence-corrected chi connectivity index (χ3v) is 4.52. The zero-order valence-corrected chi connectivity index (χ0v) is 15.8. The first-order valence-corrected chi connectivity index (χ1v) is 9.84. The number of carbonyl (C=O) groups is 2. The number of imide groups is 1. The van der Waals surface area contributed by atoms with Crippen molar-refractivity contribution in [1.29, 1.82) is 0 Å². The number of unbranched alkanes of at least 4 members (excludes halogenated alkanes) is 11. The van der Waals surface area contributed by atoms with Crippen molar-refractivity contribution in [3.05, 3.63) is 12.2 Å². The number of allylic oxidation sites excluding steroid dienone is 1. The zero-order valence-electron chi connectivity index (χ0n) is 15.8. The summed E-state index contributed by atoms with van der Waals surface area (Å²) in [4.78, 5) is 22.1. The van der Waals surface area contributed by atoms with E-state index < -0.39 is 18.8 Å². The first-order valence-electron chi connectivity index (χ1n) is 9.84. The fraction of sp³-hybridized carbons (Fsp3) is 0.800. The van der Waals surface area contributed by atoms with Crippen molar-refractivity contribution in [2.45, 2.75) is 96.1 Å². The van der Waals surface area contributed by atoms with Crippen molar-refractivity contribution in [1.82, 2.24) is 4.90 Å². The summed E-state index contributed by atoms with van der Waals surface area (Å²) >= 11 is 0. The molecule has 0 rings (SSSR count). The molecular weight excluding hydrogens is 318 g/mol. The Balaban J connectivity index is 3.62. The van der Waals surface area contributed by atoms with Crippen LogP contribution in [0.3, 0.4) is 0 Å². The molecule has 0 heterocycles. The molecule has 25 heavy (non-hydrogen) atoms. The number of hydrogen-bond donors (Lipinski definition) is 2. The molecule has 2 unspecified atom stereocenters. The molecule has 0 spiro atoms. The molecule has 2 amide bonds. The molecule has 0 bridgehead atoms. The van der Waals surface area contributed by atoms with Gasteiger partial charge in [-0.05, 0) is 12.8 Å². The van der Waals surface area contributed by atoms with Crippen LogP contribution < -0.4 is 0 Å². The topological polar surface area (TPSA) is 77.8 Å². The van der Waals surface area contributed by atoms with Crippen LogP contribution in [0.25, 0.3) is 0 Å². The van der Waals surface area contributed by atoms with Crippen molar-refractivity contribution in [3.8, 4) is 0 Å². The number of aliphatic hydroxyl groups excluding tert-OH is 2. The van der Waals surface area contributed by atoms with E-state index >= 15 is 0 Å². The molecule has 0 fully saturated rings. The normalized spacial score (nSPS) is 13.7. The van der Waals surface area contributed by atoms with Crippen molar-refractivity contribution in [2.75, 3.05) is 6.61 Å². The highest BCUT2D eigenvalue weighted by molar-refractivity contribution is 5.69. The Bertz CT molecular complexity index is 339. The lowest BCUT2D eigenvalue weighted by atomic mass is 10.0. The Kier molecular flexibility index (Phi) is 16.8. The van der Waals surface area contributed by atoms with Crippen LogP contribution in [-0.2, 0) is 9.59 Å². The molecule has 0 aromatic heterocycles. The third kappa shape index (κ3) is 12.8.